The van der Waals surface area contributed by atoms with Crippen molar-refractivity contribution in [1.29, 1.82) is 0 Å². The quantitative estimate of drug-likeness (QED) is 0.735. The maximum absolute atomic E-state index is 12.8. The normalized spacial score (nSPS) is 11.4. The highest BCUT2D eigenvalue weighted by Gasteiger charge is 2.17. The molecular weight excluding hydrogens is 338 g/mol. The minimum absolute atomic E-state index is 0.138. The van der Waals surface area contributed by atoms with Crippen LogP contribution in [0.25, 0.3) is 10.8 Å². The van der Waals surface area contributed by atoms with E-state index in [-0.39, 0.29) is 11.4 Å². The molecule has 0 aliphatic rings. The van der Waals surface area contributed by atoms with Crippen LogP contribution < -0.4 is 14.2 Å². The Balaban J connectivity index is 1.89. The fourth-order valence-electron chi connectivity index (χ4n) is 2.65. The Morgan fingerprint density at radius 2 is 1.52 bits per heavy atom. The van der Waals surface area contributed by atoms with Gasteiger partial charge in [-0.05, 0) is 29.1 Å². The topological polar surface area (TPSA) is 64.6 Å². The number of fused-ring (bicyclic) bond motifs is 1. The average Bonchev–Trinajstić information content (AvgIpc) is 2.65. The van der Waals surface area contributed by atoms with Crippen molar-refractivity contribution in [2.24, 2.45) is 0 Å². The molecule has 0 aromatic heterocycles. The third kappa shape index (κ3) is 3.75. The number of benzene rings is 3. The van der Waals surface area contributed by atoms with E-state index < -0.39 is 10.0 Å². The summed E-state index contributed by atoms with van der Waals surface area (Å²) < 4.78 is 38.6. The van der Waals surface area contributed by atoms with Crippen molar-refractivity contribution in [1.82, 2.24) is 4.72 Å². The van der Waals surface area contributed by atoms with Gasteiger partial charge in [0.25, 0.3) is 0 Å². The first-order chi connectivity index (χ1) is 12.0. The van der Waals surface area contributed by atoms with Crippen LogP contribution in [0.4, 0.5) is 0 Å². The van der Waals surface area contributed by atoms with Crippen molar-refractivity contribution in [3.63, 3.8) is 0 Å². The van der Waals surface area contributed by atoms with E-state index in [1.807, 2.05) is 24.3 Å². The molecular formula is C19H19NO4S. The highest BCUT2D eigenvalue weighted by Crippen LogP contribution is 2.25. The molecule has 0 aliphatic carbocycles. The van der Waals surface area contributed by atoms with Gasteiger partial charge in [-0.3, -0.25) is 0 Å². The van der Waals surface area contributed by atoms with E-state index in [2.05, 4.69) is 4.72 Å². The number of rotatable bonds is 6. The summed E-state index contributed by atoms with van der Waals surface area (Å²) in [6.07, 6.45) is 0. The van der Waals surface area contributed by atoms with Crippen LogP contribution >= 0.6 is 0 Å². The van der Waals surface area contributed by atoms with Crippen LogP contribution in [0.1, 0.15) is 5.56 Å². The van der Waals surface area contributed by atoms with Gasteiger partial charge in [-0.2, -0.15) is 0 Å². The Morgan fingerprint density at radius 3 is 2.20 bits per heavy atom. The summed E-state index contributed by atoms with van der Waals surface area (Å²) in [6.45, 7) is 0.138. The number of sulfonamides is 1. The molecule has 0 bridgehead atoms. The number of ether oxygens (including phenoxy) is 2. The molecule has 0 aliphatic heterocycles. The highest BCUT2D eigenvalue weighted by molar-refractivity contribution is 7.89. The minimum atomic E-state index is -3.66. The van der Waals surface area contributed by atoms with E-state index >= 15 is 0 Å². The lowest BCUT2D eigenvalue weighted by atomic mass is 10.1. The van der Waals surface area contributed by atoms with Crippen LogP contribution in [0.3, 0.4) is 0 Å². The molecule has 0 amide bonds. The molecule has 6 heteroatoms. The molecule has 3 aromatic carbocycles. The van der Waals surface area contributed by atoms with E-state index in [4.69, 9.17) is 9.47 Å². The molecule has 0 spiro atoms. The van der Waals surface area contributed by atoms with Gasteiger partial charge in [-0.25, -0.2) is 13.1 Å². The Hall–Kier alpha value is -2.57. The first-order valence-corrected chi connectivity index (χ1v) is 9.21. The third-order valence-electron chi connectivity index (χ3n) is 3.92. The van der Waals surface area contributed by atoms with Gasteiger partial charge in [0.2, 0.25) is 10.0 Å². The predicted molar refractivity (Wildman–Crippen MR) is 97.5 cm³/mol. The largest absolute Gasteiger partial charge is 0.497 e. The molecule has 130 valence electrons. The molecule has 0 saturated heterocycles. The van der Waals surface area contributed by atoms with Gasteiger partial charge in [0.15, 0.2) is 0 Å². The van der Waals surface area contributed by atoms with Crippen molar-refractivity contribution in [2.75, 3.05) is 14.2 Å². The van der Waals surface area contributed by atoms with Gasteiger partial charge in [-0.15, -0.1) is 0 Å². The van der Waals surface area contributed by atoms with E-state index in [0.29, 0.717) is 16.9 Å². The molecule has 0 saturated carbocycles. The Kier molecular flexibility index (Phi) is 4.92. The van der Waals surface area contributed by atoms with E-state index in [9.17, 15) is 8.42 Å². The molecule has 0 unspecified atom stereocenters. The van der Waals surface area contributed by atoms with E-state index in [1.54, 1.807) is 50.6 Å². The maximum atomic E-state index is 12.8. The van der Waals surface area contributed by atoms with Crippen molar-refractivity contribution in [3.8, 4) is 11.5 Å². The summed E-state index contributed by atoms with van der Waals surface area (Å²) in [7, 11) is -0.547. The summed E-state index contributed by atoms with van der Waals surface area (Å²) in [4.78, 5) is 0.264. The van der Waals surface area contributed by atoms with Crippen LogP contribution in [0.15, 0.2) is 65.6 Å². The first-order valence-electron chi connectivity index (χ1n) is 7.73. The molecule has 0 atom stereocenters. The van der Waals surface area contributed by atoms with Gasteiger partial charge < -0.3 is 9.47 Å². The SMILES string of the molecule is COc1cc(CNS(=O)(=O)c2cccc3ccccc23)cc(OC)c1. The summed E-state index contributed by atoms with van der Waals surface area (Å²) in [5.74, 6) is 1.22. The molecule has 0 radical (unpaired) electrons. The standard InChI is InChI=1S/C19H19NO4S/c1-23-16-10-14(11-17(12-16)24-2)13-20-25(21,22)19-9-5-7-15-6-3-4-8-18(15)19/h3-12,20H,13H2,1-2H3. The second-order valence-corrected chi connectivity index (χ2v) is 7.26. The second kappa shape index (κ2) is 7.13. The van der Waals surface area contributed by atoms with Gasteiger partial charge in [-0.1, -0.05) is 36.4 Å². The Morgan fingerprint density at radius 1 is 0.880 bits per heavy atom. The molecule has 3 rings (SSSR count). The van der Waals surface area contributed by atoms with Crippen LogP contribution in [0, 0.1) is 0 Å². The highest BCUT2D eigenvalue weighted by atomic mass is 32.2. The molecule has 5 nitrogen and oxygen atoms in total. The summed E-state index contributed by atoms with van der Waals surface area (Å²) >= 11 is 0. The maximum Gasteiger partial charge on any atom is 0.241 e. The van der Waals surface area contributed by atoms with Gasteiger partial charge in [0, 0.05) is 18.0 Å². The summed E-state index contributed by atoms with van der Waals surface area (Å²) in [5.41, 5.74) is 0.750. The van der Waals surface area contributed by atoms with Crippen molar-refractivity contribution < 1.29 is 17.9 Å². The Bertz CT molecular complexity index is 972. The molecule has 3 aromatic rings. The zero-order valence-electron chi connectivity index (χ0n) is 14.0. The first kappa shape index (κ1) is 17.3. The Labute approximate surface area is 147 Å². The predicted octanol–water partition coefficient (Wildman–Crippen LogP) is 3.34. The fourth-order valence-corrected chi connectivity index (χ4v) is 3.90. The lowest BCUT2D eigenvalue weighted by molar-refractivity contribution is 0.393. The lowest BCUT2D eigenvalue weighted by Gasteiger charge is -2.11. The molecule has 0 fully saturated rings. The zero-order valence-corrected chi connectivity index (χ0v) is 14.8. The van der Waals surface area contributed by atoms with Crippen molar-refractivity contribution in [2.45, 2.75) is 11.4 Å². The summed E-state index contributed by atoms with van der Waals surface area (Å²) in [6, 6.07) is 17.9. The molecule has 0 heterocycles. The monoisotopic (exact) mass is 357 g/mol. The zero-order chi connectivity index (χ0) is 17.9. The molecule has 1 N–H and O–H groups in total. The second-order valence-electron chi connectivity index (χ2n) is 5.52. The molecule has 25 heavy (non-hydrogen) atoms. The van der Waals surface area contributed by atoms with Crippen LogP contribution in [-0.4, -0.2) is 22.6 Å². The fraction of sp³-hybridized carbons (Fsp3) is 0.158. The summed E-state index contributed by atoms with van der Waals surface area (Å²) in [5, 5.41) is 1.58. The van der Waals surface area contributed by atoms with Crippen molar-refractivity contribution >= 4 is 20.8 Å². The number of hydrogen-bond acceptors (Lipinski definition) is 4. The van der Waals surface area contributed by atoms with Crippen LogP contribution in [0.5, 0.6) is 11.5 Å². The van der Waals surface area contributed by atoms with Gasteiger partial charge in [0.05, 0.1) is 19.1 Å². The van der Waals surface area contributed by atoms with Crippen LogP contribution in [-0.2, 0) is 16.6 Å². The number of nitrogens with one attached hydrogen (secondary N) is 1. The number of methoxy groups -OCH3 is 2. The van der Waals surface area contributed by atoms with E-state index in [0.717, 1.165) is 10.9 Å². The minimum Gasteiger partial charge on any atom is -0.497 e. The smallest absolute Gasteiger partial charge is 0.241 e. The number of hydrogen-bond donors (Lipinski definition) is 1. The third-order valence-corrected chi connectivity index (χ3v) is 5.38. The lowest BCUT2D eigenvalue weighted by Crippen LogP contribution is -2.23. The van der Waals surface area contributed by atoms with Crippen molar-refractivity contribution in [3.05, 3.63) is 66.2 Å². The van der Waals surface area contributed by atoms with Crippen LogP contribution in [0.2, 0.25) is 0 Å². The van der Waals surface area contributed by atoms with Gasteiger partial charge in [0.1, 0.15) is 11.5 Å². The average molecular weight is 357 g/mol. The van der Waals surface area contributed by atoms with Gasteiger partial charge >= 0.3 is 0 Å². The van der Waals surface area contributed by atoms with E-state index in [1.165, 1.54) is 0 Å².